The number of fused-ring (bicyclic) bond motifs is 5. The van der Waals surface area contributed by atoms with Crippen LogP contribution < -0.4 is 5.73 Å². The molecule has 0 spiro atoms. The Hall–Kier alpha value is -0.340. The molecule has 130 valence electrons. The summed E-state index contributed by atoms with van der Waals surface area (Å²) in [6, 6.07) is 0.394. The van der Waals surface area contributed by atoms with E-state index in [1.807, 2.05) is 6.92 Å². The van der Waals surface area contributed by atoms with Gasteiger partial charge in [-0.25, -0.2) is 0 Å². The zero-order chi connectivity index (χ0) is 16.4. The minimum absolute atomic E-state index is 0.139. The van der Waals surface area contributed by atoms with Crippen molar-refractivity contribution >= 4 is 0 Å². The van der Waals surface area contributed by atoms with Gasteiger partial charge in [-0.1, -0.05) is 25.5 Å². The fourth-order valence-corrected chi connectivity index (χ4v) is 7.52. The van der Waals surface area contributed by atoms with Crippen LogP contribution in [-0.4, -0.2) is 17.3 Å². The second-order valence-electron chi connectivity index (χ2n) is 9.73. The minimum Gasteiger partial charge on any atom is -0.393 e. The number of nitrogens with two attached hydrogens (primary N) is 1. The smallest absolute Gasteiger partial charge is 0.0545 e. The summed E-state index contributed by atoms with van der Waals surface area (Å²) in [5.41, 5.74) is 8.74. The first kappa shape index (κ1) is 16.1. The minimum atomic E-state index is -0.139. The maximum atomic E-state index is 10.3. The number of allylic oxidation sites excluding steroid dienone is 1. The molecule has 0 heterocycles. The molecule has 4 rings (SSSR count). The quantitative estimate of drug-likeness (QED) is 0.709. The van der Waals surface area contributed by atoms with Crippen molar-refractivity contribution < 1.29 is 5.11 Å². The Balaban J connectivity index is 1.65. The normalized spacial score (nSPS) is 53.8. The van der Waals surface area contributed by atoms with Crippen molar-refractivity contribution in [3.8, 4) is 0 Å². The molecule has 23 heavy (non-hydrogen) atoms. The van der Waals surface area contributed by atoms with Crippen LogP contribution in [0.1, 0.15) is 72.1 Å². The zero-order valence-corrected chi connectivity index (χ0v) is 15.2. The largest absolute Gasteiger partial charge is 0.393 e. The van der Waals surface area contributed by atoms with E-state index in [9.17, 15) is 5.11 Å². The lowest BCUT2D eigenvalue weighted by Gasteiger charge is -2.58. The number of hydrogen-bond donors (Lipinski definition) is 2. The van der Waals surface area contributed by atoms with Crippen molar-refractivity contribution in [3.05, 3.63) is 11.6 Å². The van der Waals surface area contributed by atoms with Crippen molar-refractivity contribution in [3.63, 3.8) is 0 Å². The highest BCUT2D eigenvalue weighted by Gasteiger charge is 2.59. The molecule has 8 atom stereocenters. The first-order valence-corrected chi connectivity index (χ1v) is 9.99. The molecule has 4 aliphatic rings. The van der Waals surface area contributed by atoms with E-state index in [0.717, 1.165) is 24.2 Å². The van der Waals surface area contributed by atoms with Crippen LogP contribution in [0.5, 0.6) is 0 Å². The summed E-state index contributed by atoms with van der Waals surface area (Å²) in [7, 11) is 0. The Morgan fingerprint density at radius 2 is 1.91 bits per heavy atom. The van der Waals surface area contributed by atoms with Crippen LogP contribution in [0.2, 0.25) is 0 Å². The highest BCUT2D eigenvalue weighted by atomic mass is 16.3. The van der Waals surface area contributed by atoms with Crippen molar-refractivity contribution in [1.82, 2.24) is 0 Å². The third kappa shape index (κ3) is 2.20. The van der Waals surface area contributed by atoms with E-state index < -0.39 is 0 Å². The Morgan fingerprint density at radius 3 is 2.65 bits per heavy atom. The number of aliphatic hydroxyl groups excluding tert-OH is 1. The summed E-state index contributed by atoms with van der Waals surface area (Å²) >= 11 is 0. The lowest BCUT2D eigenvalue weighted by Crippen LogP contribution is -2.51. The predicted octanol–water partition coefficient (Wildman–Crippen LogP) is 4.27. The van der Waals surface area contributed by atoms with Crippen molar-refractivity contribution in [2.75, 3.05) is 0 Å². The van der Waals surface area contributed by atoms with Crippen molar-refractivity contribution in [2.45, 2.75) is 84.3 Å². The summed E-state index contributed by atoms with van der Waals surface area (Å²) in [6.07, 6.45) is 12.6. The van der Waals surface area contributed by atoms with Crippen LogP contribution in [0, 0.1) is 34.5 Å². The lowest BCUT2D eigenvalue weighted by molar-refractivity contribution is -0.0626. The van der Waals surface area contributed by atoms with Crippen LogP contribution in [0.25, 0.3) is 0 Å². The Kier molecular flexibility index (Phi) is 3.74. The van der Waals surface area contributed by atoms with Gasteiger partial charge in [-0.3, -0.25) is 0 Å². The molecule has 0 aromatic heterocycles. The van der Waals surface area contributed by atoms with Crippen LogP contribution in [0.3, 0.4) is 0 Å². The first-order chi connectivity index (χ1) is 10.9. The molecule has 0 radical (unpaired) electrons. The molecule has 0 aromatic rings. The van der Waals surface area contributed by atoms with Crippen molar-refractivity contribution in [1.29, 1.82) is 0 Å². The zero-order valence-electron chi connectivity index (χ0n) is 15.2. The molecule has 0 saturated heterocycles. The molecule has 2 nitrogen and oxygen atoms in total. The van der Waals surface area contributed by atoms with Crippen LogP contribution >= 0.6 is 0 Å². The van der Waals surface area contributed by atoms with E-state index in [1.165, 1.54) is 44.9 Å². The van der Waals surface area contributed by atoms with Gasteiger partial charge in [0, 0.05) is 6.04 Å². The second kappa shape index (κ2) is 5.33. The highest BCUT2D eigenvalue weighted by molar-refractivity contribution is 5.25. The molecule has 0 amide bonds. The van der Waals surface area contributed by atoms with Gasteiger partial charge >= 0.3 is 0 Å². The van der Waals surface area contributed by atoms with Gasteiger partial charge in [-0.15, -0.1) is 0 Å². The Morgan fingerprint density at radius 1 is 1.13 bits per heavy atom. The second-order valence-corrected chi connectivity index (χ2v) is 9.73. The number of aliphatic hydroxyl groups is 1. The summed E-state index contributed by atoms with van der Waals surface area (Å²) in [5.74, 6) is 3.05. The molecule has 0 aliphatic heterocycles. The highest BCUT2D eigenvalue weighted by Crippen LogP contribution is 2.66. The molecule has 3 fully saturated rings. The summed E-state index contributed by atoms with van der Waals surface area (Å²) in [6.45, 7) is 7.06. The van der Waals surface area contributed by atoms with Gasteiger partial charge in [-0.05, 0) is 92.8 Å². The fraction of sp³-hybridized carbons (Fsp3) is 0.905. The summed E-state index contributed by atoms with van der Waals surface area (Å²) in [4.78, 5) is 0. The van der Waals surface area contributed by atoms with Gasteiger partial charge in [-0.2, -0.15) is 0 Å². The van der Waals surface area contributed by atoms with Gasteiger partial charge < -0.3 is 10.8 Å². The maximum absolute atomic E-state index is 10.3. The molecule has 0 aromatic carbocycles. The Labute approximate surface area is 141 Å². The molecule has 2 heteroatoms. The molecule has 3 saturated carbocycles. The number of rotatable bonds is 1. The van der Waals surface area contributed by atoms with Gasteiger partial charge in [0.25, 0.3) is 0 Å². The van der Waals surface area contributed by atoms with Crippen LogP contribution in [0.4, 0.5) is 0 Å². The third-order valence-corrected chi connectivity index (χ3v) is 8.80. The molecule has 3 N–H and O–H groups in total. The molecule has 4 aliphatic carbocycles. The van der Waals surface area contributed by atoms with E-state index >= 15 is 0 Å². The summed E-state index contributed by atoms with van der Waals surface area (Å²) in [5, 5.41) is 10.3. The third-order valence-electron chi connectivity index (χ3n) is 8.80. The van der Waals surface area contributed by atoms with Crippen molar-refractivity contribution in [2.24, 2.45) is 40.2 Å². The van der Waals surface area contributed by atoms with Gasteiger partial charge in [0.2, 0.25) is 0 Å². The van der Waals surface area contributed by atoms with Crippen LogP contribution in [0.15, 0.2) is 11.6 Å². The standard InChI is InChI=1S/C21H35NO/c1-13(23)17-6-7-18-16-5-4-14-12-15(22)8-10-20(14,2)19(16)9-11-21(17,18)3/h4,13,15-19,23H,5-12,22H2,1-3H3/t13?,15?,16-,17+,18-,19-,20-,21+/m0/s1. The van der Waals surface area contributed by atoms with E-state index in [1.54, 1.807) is 5.57 Å². The molecule has 2 unspecified atom stereocenters. The molecular weight excluding hydrogens is 282 g/mol. The van der Waals surface area contributed by atoms with E-state index in [4.69, 9.17) is 5.73 Å². The SMILES string of the molecule is CC(O)[C@H]1CC[C@H]2[C@@H]3CC=C4CC(N)CC[C@]4(C)[C@H]3CC[C@]12C. The maximum Gasteiger partial charge on any atom is 0.0545 e. The average Bonchev–Trinajstić information content (AvgIpc) is 2.85. The van der Waals surface area contributed by atoms with E-state index in [-0.39, 0.29) is 6.10 Å². The van der Waals surface area contributed by atoms with E-state index in [0.29, 0.717) is 22.8 Å². The topological polar surface area (TPSA) is 46.2 Å². The van der Waals surface area contributed by atoms with Gasteiger partial charge in [0.1, 0.15) is 0 Å². The van der Waals surface area contributed by atoms with Gasteiger partial charge in [0.05, 0.1) is 6.10 Å². The van der Waals surface area contributed by atoms with Gasteiger partial charge in [0.15, 0.2) is 0 Å². The lowest BCUT2D eigenvalue weighted by atomic mass is 9.47. The monoisotopic (exact) mass is 317 g/mol. The molecule has 0 bridgehead atoms. The predicted molar refractivity (Wildman–Crippen MR) is 94.8 cm³/mol. The fourth-order valence-electron chi connectivity index (χ4n) is 7.52. The van der Waals surface area contributed by atoms with E-state index in [2.05, 4.69) is 19.9 Å². The number of hydrogen-bond acceptors (Lipinski definition) is 2. The summed E-state index contributed by atoms with van der Waals surface area (Å²) < 4.78 is 0. The average molecular weight is 318 g/mol. The first-order valence-electron chi connectivity index (χ1n) is 9.99. The van der Waals surface area contributed by atoms with Crippen LogP contribution in [-0.2, 0) is 0 Å². The molecular formula is C21H35NO. The Bertz CT molecular complexity index is 512.